The molecule has 0 aliphatic carbocycles. The second kappa shape index (κ2) is 6.82. The number of benzene rings is 3. The third-order valence-electron chi connectivity index (χ3n) is 4.14. The molecule has 0 saturated heterocycles. The Bertz CT molecular complexity index is 849. The van der Waals surface area contributed by atoms with Crippen molar-refractivity contribution in [2.24, 2.45) is 0 Å². The number of hydrogen-bond donors (Lipinski definition) is 0. The van der Waals surface area contributed by atoms with Crippen LogP contribution in [0.15, 0.2) is 72.8 Å². The molecule has 1 atom stereocenters. The summed E-state index contributed by atoms with van der Waals surface area (Å²) >= 11 is 0. The fraction of sp³-hybridized carbons (Fsp3) is 0.0909. The number of rotatable bonds is 3. The summed E-state index contributed by atoms with van der Waals surface area (Å²) in [6.45, 7) is 9.19. The van der Waals surface area contributed by atoms with Crippen molar-refractivity contribution in [2.75, 3.05) is 0 Å². The third-order valence-corrected chi connectivity index (χ3v) is 4.14. The lowest BCUT2D eigenvalue weighted by Gasteiger charge is -2.19. The molecule has 3 aromatic carbocycles. The van der Waals surface area contributed by atoms with E-state index < -0.39 is 0 Å². The molecule has 24 heavy (non-hydrogen) atoms. The molecule has 2 nitrogen and oxygen atoms in total. The van der Waals surface area contributed by atoms with Crippen molar-refractivity contribution in [1.29, 1.82) is 5.26 Å². The van der Waals surface area contributed by atoms with Gasteiger partial charge in [0.25, 0.3) is 0 Å². The van der Waals surface area contributed by atoms with Crippen LogP contribution in [0.2, 0.25) is 0 Å². The van der Waals surface area contributed by atoms with Gasteiger partial charge in [-0.25, -0.2) is 4.85 Å². The van der Waals surface area contributed by atoms with Crippen molar-refractivity contribution < 1.29 is 0 Å². The van der Waals surface area contributed by atoms with Gasteiger partial charge in [-0.2, -0.15) is 5.26 Å². The Morgan fingerprint density at radius 3 is 1.71 bits per heavy atom. The van der Waals surface area contributed by atoms with Crippen LogP contribution < -0.4 is 0 Å². The second-order valence-electron chi connectivity index (χ2n) is 5.78. The van der Waals surface area contributed by atoms with E-state index in [1.165, 1.54) is 11.1 Å². The van der Waals surface area contributed by atoms with E-state index in [4.69, 9.17) is 11.8 Å². The predicted molar refractivity (Wildman–Crippen MR) is 96.0 cm³/mol. The van der Waals surface area contributed by atoms with Crippen LogP contribution >= 0.6 is 0 Å². The van der Waals surface area contributed by atoms with Gasteiger partial charge in [0, 0.05) is 5.92 Å². The Morgan fingerprint density at radius 1 is 0.792 bits per heavy atom. The Hall–Kier alpha value is -3.36. The molecule has 114 valence electrons. The molecular weight excluding hydrogens is 292 g/mol. The van der Waals surface area contributed by atoms with E-state index >= 15 is 0 Å². The fourth-order valence-electron chi connectivity index (χ4n) is 2.83. The van der Waals surface area contributed by atoms with E-state index in [9.17, 15) is 0 Å². The minimum absolute atomic E-state index is 0.0816. The number of hydrogen-bond acceptors (Lipinski definition) is 1. The lowest BCUT2D eigenvalue weighted by molar-refractivity contribution is 0.976. The van der Waals surface area contributed by atoms with Crippen molar-refractivity contribution in [3.63, 3.8) is 0 Å². The van der Waals surface area contributed by atoms with E-state index in [2.05, 4.69) is 42.1 Å². The molecule has 0 aliphatic heterocycles. The van der Waals surface area contributed by atoms with Crippen LogP contribution in [0.4, 0.5) is 5.69 Å². The first-order chi connectivity index (χ1) is 11.7. The molecule has 0 N–H and O–H groups in total. The van der Waals surface area contributed by atoms with Crippen molar-refractivity contribution in [2.45, 2.75) is 12.8 Å². The van der Waals surface area contributed by atoms with Crippen LogP contribution in [0.25, 0.3) is 4.85 Å². The lowest BCUT2D eigenvalue weighted by Crippen LogP contribution is -2.03. The van der Waals surface area contributed by atoms with Gasteiger partial charge in [-0.05, 0) is 35.7 Å². The Labute approximate surface area is 142 Å². The normalized spacial score (nSPS) is 11.3. The maximum Gasteiger partial charge on any atom is 0.187 e. The minimum Gasteiger partial charge on any atom is -0.238 e. The summed E-state index contributed by atoms with van der Waals surface area (Å²) in [5.74, 6) is 0.0816. The average molecular weight is 308 g/mol. The van der Waals surface area contributed by atoms with E-state index in [1.54, 1.807) is 0 Å². The number of nitrogens with zero attached hydrogens (tertiary/aromatic N) is 2. The van der Waals surface area contributed by atoms with Crippen LogP contribution in [0, 0.1) is 24.8 Å². The van der Waals surface area contributed by atoms with Crippen LogP contribution in [0.5, 0.6) is 0 Å². The highest BCUT2D eigenvalue weighted by Gasteiger charge is 2.16. The molecule has 0 aromatic heterocycles. The summed E-state index contributed by atoms with van der Waals surface area (Å²) in [5.41, 5.74) is 5.98. The molecule has 0 heterocycles. The van der Waals surface area contributed by atoms with E-state index in [0.717, 1.165) is 11.1 Å². The van der Waals surface area contributed by atoms with Gasteiger partial charge < -0.3 is 0 Å². The Kier molecular flexibility index (Phi) is 4.41. The zero-order valence-corrected chi connectivity index (χ0v) is 13.4. The molecule has 0 aliphatic rings. The summed E-state index contributed by atoms with van der Waals surface area (Å²) in [6, 6.07) is 26.1. The quantitative estimate of drug-likeness (QED) is 0.457. The van der Waals surface area contributed by atoms with Crippen molar-refractivity contribution in [3.05, 3.63) is 112 Å². The molecule has 0 radical (unpaired) electrons. The zero-order valence-electron chi connectivity index (χ0n) is 13.4. The lowest BCUT2D eigenvalue weighted by atomic mass is 9.84. The third kappa shape index (κ3) is 3.19. The minimum atomic E-state index is 0.0816. The summed E-state index contributed by atoms with van der Waals surface area (Å²) in [4.78, 5) is 3.46. The number of aryl methyl sites for hydroxylation is 1. The Balaban J connectivity index is 2.10. The maximum atomic E-state index is 9.01. The van der Waals surface area contributed by atoms with Gasteiger partial charge in [-0.15, -0.1) is 0 Å². The summed E-state index contributed by atoms with van der Waals surface area (Å²) in [7, 11) is 0. The molecule has 2 heteroatoms. The molecule has 1 unspecified atom stereocenters. The van der Waals surface area contributed by atoms with Gasteiger partial charge >= 0.3 is 0 Å². The summed E-state index contributed by atoms with van der Waals surface area (Å²) in [5, 5.41) is 9.01. The molecular formula is C22H16N2. The van der Waals surface area contributed by atoms with Crippen LogP contribution in [0.1, 0.15) is 33.7 Å². The second-order valence-corrected chi connectivity index (χ2v) is 5.78. The predicted octanol–water partition coefficient (Wildman–Crippen LogP) is 5.60. The molecule has 0 bridgehead atoms. The van der Waals surface area contributed by atoms with Crippen molar-refractivity contribution in [1.82, 2.24) is 0 Å². The van der Waals surface area contributed by atoms with Gasteiger partial charge in [0.1, 0.15) is 0 Å². The van der Waals surface area contributed by atoms with E-state index in [1.807, 2.05) is 48.5 Å². The maximum absolute atomic E-state index is 9.01. The molecule has 3 aromatic rings. The average Bonchev–Trinajstić information content (AvgIpc) is 2.64. The zero-order chi connectivity index (χ0) is 16.9. The number of nitriles is 1. The molecule has 0 saturated carbocycles. The highest BCUT2D eigenvalue weighted by Crippen LogP contribution is 2.33. The smallest absolute Gasteiger partial charge is 0.187 e. The largest absolute Gasteiger partial charge is 0.238 e. The van der Waals surface area contributed by atoms with E-state index in [0.29, 0.717) is 11.3 Å². The fourth-order valence-corrected chi connectivity index (χ4v) is 2.83. The van der Waals surface area contributed by atoms with Crippen molar-refractivity contribution in [3.8, 4) is 6.07 Å². The van der Waals surface area contributed by atoms with E-state index in [-0.39, 0.29) is 5.92 Å². The Morgan fingerprint density at radius 2 is 1.25 bits per heavy atom. The van der Waals surface area contributed by atoms with Gasteiger partial charge in [0.2, 0.25) is 0 Å². The molecule has 0 fully saturated rings. The van der Waals surface area contributed by atoms with Crippen LogP contribution in [-0.2, 0) is 0 Å². The topological polar surface area (TPSA) is 28.1 Å². The highest BCUT2D eigenvalue weighted by atomic mass is 14.6. The monoisotopic (exact) mass is 308 g/mol. The molecule has 0 spiro atoms. The first kappa shape index (κ1) is 15.5. The SMILES string of the molecule is [C-]#[N+]c1ccc(C(c2ccc(C)cc2)c2ccc(C#N)cc2)cc1. The van der Waals surface area contributed by atoms with Gasteiger partial charge in [0.05, 0.1) is 18.2 Å². The van der Waals surface area contributed by atoms with Gasteiger partial charge in [-0.1, -0.05) is 66.2 Å². The van der Waals surface area contributed by atoms with Gasteiger partial charge in [-0.3, -0.25) is 0 Å². The van der Waals surface area contributed by atoms with Crippen LogP contribution in [0.3, 0.4) is 0 Å². The molecule has 0 amide bonds. The standard InChI is InChI=1S/C22H16N2/c1-16-3-7-18(8-4-16)22(19-9-5-17(15-23)6-10-19)20-11-13-21(24-2)14-12-20/h3-14,22H,1H3. The first-order valence-corrected chi connectivity index (χ1v) is 7.75. The molecule has 3 rings (SSSR count). The highest BCUT2D eigenvalue weighted by molar-refractivity contribution is 5.51. The van der Waals surface area contributed by atoms with Gasteiger partial charge in [0.15, 0.2) is 5.69 Å². The first-order valence-electron chi connectivity index (χ1n) is 7.75. The van der Waals surface area contributed by atoms with Crippen molar-refractivity contribution >= 4 is 5.69 Å². The van der Waals surface area contributed by atoms with Crippen LogP contribution in [-0.4, -0.2) is 0 Å². The summed E-state index contributed by atoms with van der Waals surface area (Å²) in [6.07, 6.45) is 0. The summed E-state index contributed by atoms with van der Waals surface area (Å²) < 4.78 is 0.